The van der Waals surface area contributed by atoms with E-state index in [1.54, 1.807) is 22.7 Å². The number of rotatable bonds is 10. The number of thioether (sulfide) groups is 1. The zero-order chi connectivity index (χ0) is 22.1. The Balaban J connectivity index is 1.27. The van der Waals surface area contributed by atoms with E-state index in [9.17, 15) is 4.79 Å². The molecule has 0 bridgehead atoms. The fraction of sp³-hybridized carbons (Fsp3) is 0.375. The molecule has 4 aromatic heterocycles. The highest BCUT2D eigenvalue weighted by Crippen LogP contribution is 2.39. The molecule has 1 fully saturated rings. The van der Waals surface area contributed by atoms with Crippen molar-refractivity contribution in [3.8, 4) is 0 Å². The van der Waals surface area contributed by atoms with Gasteiger partial charge in [-0.25, -0.2) is 0 Å². The van der Waals surface area contributed by atoms with Gasteiger partial charge in [-0.2, -0.15) is 0 Å². The van der Waals surface area contributed by atoms with Crippen molar-refractivity contribution in [1.29, 1.82) is 0 Å². The van der Waals surface area contributed by atoms with Gasteiger partial charge in [0.25, 0.3) is 0 Å². The Morgan fingerprint density at radius 2 is 1.88 bits per heavy atom. The van der Waals surface area contributed by atoms with Crippen LogP contribution in [0.4, 0.5) is 0 Å². The van der Waals surface area contributed by atoms with Crippen molar-refractivity contribution in [3.05, 3.63) is 73.6 Å². The Hall–Kier alpha value is -2.16. The smallest absolute Gasteiger partial charge is 0.191 e. The molecule has 0 atom stereocenters. The summed E-state index contributed by atoms with van der Waals surface area (Å²) in [5.74, 6) is 1.56. The van der Waals surface area contributed by atoms with Gasteiger partial charge in [-0.1, -0.05) is 23.9 Å². The number of nitrogens with zero attached hydrogens (tertiary/aromatic N) is 4. The molecule has 0 N–H and O–H groups in total. The first-order valence-corrected chi connectivity index (χ1v) is 13.7. The highest BCUT2D eigenvalue weighted by Gasteiger charge is 2.30. The predicted molar refractivity (Wildman–Crippen MR) is 132 cm³/mol. The molecule has 4 aromatic rings. The normalized spacial score (nSPS) is 13.7. The fourth-order valence-corrected chi connectivity index (χ4v) is 6.41. The third-order valence-corrected chi connectivity index (χ3v) is 8.68. The molecule has 166 valence electrons. The molecular weight excluding hydrogens is 456 g/mol. The molecule has 1 aliphatic rings. The standard InChI is InChI=1S/C24H26N4OS3/c1-16-13-21(17(2)27(16)10-9-19-5-3-11-30-19)22(29)15-32-24-26-25-23(28(24)18-7-8-18)14-20-6-4-12-31-20/h3-6,11-13,18H,7-10,14-15H2,1-2H3. The number of thiophene rings is 2. The molecule has 0 aromatic carbocycles. The number of Topliss-reactive ketones (excluding diaryl/α,β-unsaturated/α-hetero) is 1. The first-order valence-electron chi connectivity index (χ1n) is 10.9. The van der Waals surface area contributed by atoms with Crippen molar-refractivity contribution in [3.63, 3.8) is 0 Å². The van der Waals surface area contributed by atoms with Gasteiger partial charge in [-0.05, 0) is 62.1 Å². The van der Waals surface area contributed by atoms with E-state index in [-0.39, 0.29) is 5.78 Å². The second kappa shape index (κ2) is 9.37. The highest BCUT2D eigenvalue weighted by molar-refractivity contribution is 7.99. The predicted octanol–water partition coefficient (Wildman–Crippen LogP) is 5.96. The maximum atomic E-state index is 13.1. The number of hydrogen-bond donors (Lipinski definition) is 0. The quantitative estimate of drug-likeness (QED) is 0.207. The molecule has 0 radical (unpaired) electrons. The molecular formula is C24H26N4OS3. The summed E-state index contributed by atoms with van der Waals surface area (Å²) < 4.78 is 4.53. The minimum absolute atomic E-state index is 0.163. The van der Waals surface area contributed by atoms with Crippen molar-refractivity contribution in [1.82, 2.24) is 19.3 Å². The highest BCUT2D eigenvalue weighted by atomic mass is 32.2. The van der Waals surface area contributed by atoms with Crippen LogP contribution in [0.5, 0.6) is 0 Å². The van der Waals surface area contributed by atoms with E-state index in [0.717, 1.165) is 47.3 Å². The summed E-state index contributed by atoms with van der Waals surface area (Å²) in [7, 11) is 0. The van der Waals surface area contributed by atoms with Gasteiger partial charge in [0, 0.05) is 45.7 Å². The monoisotopic (exact) mass is 482 g/mol. The van der Waals surface area contributed by atoms with E-state index in [4.69, 9.17) is 0 Å². The second-order valence-electron chi connectivity index (χ2n) is 8.23. The first kappa shape index (κ1) is 21.7. The minimum atomic E-state index is 0.163. The molecule has 32 heavy (non-hydrogen) atoms. The van der Waals surface area contributed by atoms with Gasteiger partial charge < -0.3 is 9.13 Å². The summed E-state index contributed by atoms with van der Waals surface area (Å²) in [6, 6.07) is 11.0. The van der Waals surface area contributed by atoms with Crippen molar-refractivity contribution in [2.45, 2.75) is 57.3 Å². The lowest BCUT2D eigenvalue weighted by molar-refractivity contribution is 0.102. The van der Waals surface area contributed by atoms with Crippen LogP contribution < -0.4 is 0 Å². The van der Waals surface area contributed by atoms with Gasteiger partial charge in [0.2, 0.25) is 0 Å². The lowest BCUT2D eigenvalue weighted by atomic mass is 10.2. The minimum Gasteiger partial charge on any atom is -0.348 e. The van der Waals surface area contributed by atoms with Crippen LogP contribution >= 0.6 is 34.4 Å². The third kappa shape index (κ3) is 4.63. The topological polar surface area (TPSA) is 52.7 Å². The van der Waals surface area contributed by atoms with Crippen molar-refractivity contribution in [2.24, 2.45) is 0 Å². The summed E-state index contributed by atoms with van der Waals surface area (Å²) in [5.41, 5.74) is 3.04. The van der Waals surface area contributed by atoms with Crippen molar-refractivity contribution >= 4 is 40.2 Å². The number of aryl methyl sites for hydroxylation is 2. The van der Waals surface area contributed by atoms with Crippen LogP contribution in [0, 0.1) is 13.8 Å². The molecule has 0 unspecified atom stereocenters. The Kier molecular flexibility index (Phi) is 6.35. The molecule has 0 amide bonds. The van der Waals surface area contributed by atoms with Crippen LogP contribution in [-0.4, -0.2) is 30.9 Å². The zero-order valence-electron chi connectivity index (χ0n) is 18.3. The van der Waals surface area contributed by atoms with E-state index in [1.807, 2.05) is 6.07 Å². The fourth-order valence-electron chi connectivity index (χ4n) is 4.11. The van der Waals surface area contributed by atoms with E-state index >= 15 is 0 Å². The largest absolute Gasteiger partial charge is 0.348 e. The second-order valence-corrected chi connectivity index (χ2v) is 11.2. The SMILES string of the molecule is Cc1cc(C(=O)CSc2nnc(Cc3cccs3)n2C2CC2)c(C)n1CCc1cccs1. The van der Waals surface area contributed by atoms with E-state index in [0.29, 0.717) is 11.8 Å². The molecule has 4 heterocycles. The Bertz CT molecular complexity index is 1200. The Morgan fingerprint density at radius 3 is 2.56 bits per heavy atom. The lowest BCUT2D eigenvalue weighted by Gasteiger charge is -2.09. The van der Waals surface area contributed by atoms with E-state index in [2.05, 4.69) is 68.2 Å². The van der Waals surface area contributed by atoms with Crippen LogP contribution in [0.15, 0.2) is 46.2 Å². The maximum Gasteiger partial charge on any atom is 0.191 e. The number of ketones is 1. The van der Waals surface area contributed by atoms with Gasteiger partial charge in [0.1, 0.15) is 5.82 Å². The summed E-state index contributed by atoms with van der Waals surface area (Å²) in [6.45, 7) is 5.05. The number of aromatic nitrogens is 4. The van der Waals surface area contributed by atoms with E-state index < -0.39 is 0 Å². The maximum absolute atomic E-state index is 13.1. The summed E-state index contributed by atoms with van der Waals surface area (Å²) >= 11 is 5.06. The molecule has 5 nitrogen and oxygen atoms in total. The van der Waals surface area contributed by atoms with Crippen molar-refractivity contribution in [2.75, 3.05) is 5.75 Å². The average molecular weight is 483 g/mol. The van der Waals surface area contributed by atoms with Gasteiger partial charge in [-0.3, -0.25) is 4.79 Å². The summed E-state index contributed by atoms with van der Waals surface area (Å²) in [6.07, 6.45) is 4.14. The van der Waals surface area contributed by atoms with Gasteiger partial charge in [0.15, 0.2) is 10.9 Å². The molecule has 1 saturated carbocycles. The van der Waals surface area contributed by atoms with Crippen LogP contribution in [-0.2, 0) is 19.4 Å². The lowest BCUT2D eigenvalue weighted by Crippen LogP contribution is -2.09. The van der Waals surface area contributed by atoms with Crippen LogP contribution in [0.3, 0.4) is 0 Å². The molecule has 8 heteroatoms. The van der Waals surface area contributed by atoms with E-state index in [1.165, 1.54) is 34.4 Å². The first-order chi connectivity index (χ1) is 15.6. The zero-order valence-corrected chi connectivity index (χ0v) is 20.7. The molecule has 0 spiro atoms. The van der Waals surface area contributed by atoms with Crippen LogP contribution in [0.1, 0.15) is 56.2 Å². The van der Waals surface area contributed by atoms with Crippen LogP contribution in [0.25, 0.3) is 0 Å². The molecule has 0 aliphatic heterocycles. The third-order valence-electron chi connectivity index (χ3n) is 5.93. The van der Waals surface area contributed by atoms with Crippen LogP contribution in [0.2, 0.25) is 0 Å². The molecule has 5 rings (SSSR count). The van der Waals surface area contributed by atoms with Gasteiger partial charge >= 0.3 is 0 Å². The Labute approximate surface area is 200 Å². The molecule has 1 aliphatic carbocycles. The number of carbonyl (C=O) groups is 1. The summed E-state index contributed by atoms with van der Waals surface area (Å²) in [4.78, 5) is 15.8. The Morgan fingerprint density at radius 1 is 1.12 bits per heavy atom. The summed E-state index contributed by atoms with van der Waals surface area (Å²) in [5, 5.41) is 14.0. The van der Waals surface area contributed by atoms with Crippen molar-refractivity contribution < 1.29 is 4.79 Å². The number of carbonyl (C=O) groups excluding carboxylic acids is 1. The van der Waals surface area contributed by atoms with Gasteiger partial charge in [0.05, 0.1) is 5.75 Å². The molecule has 0 saturated heterocycles. The van der Waals surface area contributed by atoms with Gasteiger partial charge in [-0.15, -0.1) is 32.9 Å². The average Bonchev–Trinajstić information content (AvgIpc) is 3.18. The number of hydrogen-bond acceptors (Lipinski definition) is 6.